The van der Waals surface area contributed by atoms with E-state index in [1.807, 2.05) is 11.8 Å². The van der Waals surface area contributed by atoms with E-state index in [0.29, 0.717) is 13.2 Å². The first-order valence-electron chi connectivity index (χ1n) is 9.13. The predicted octanol–water partition coefficient (Wildman–Crippen LogP) is 2.92. The minimum atomic E-state index is -0.315. The molecule has 2 rings (SSSR count). The van der Waals surface area contributed by atoms with E-state index in [-0.39, 0.29) is 29.9 Å². The minimum Gasteiger partial charge on any atom is -0.469 e. The average molecular weight is 325 g/mol. The van der Waals surface area contributed by atoms with Crippen molar-refractivity contribution in [3.63, 3.8) is 0 Å². The molecular formula is C18H31NO4. The summed E-state index contributed by atoms with van der Waals surface area (Å²) in [7, 11) is 1.40. The molecule has 2 atom stereocenters. The molecule has 1 aliphatic heterocycles. The van der Waals surface area contributed by atoms with Crippen molar-refractivity contribution in [2.45, 2.75) is 76.9 Å². The average Bonchev–Trinajstić information content (AvgIpc) is 3.05. The molecule has 132 valence electrons. The van der Waals surface area contributed by atoms with Gasteiger partial charge in [-0.05, 0) is 25.7 Å². The minimum absolute atomic E-state index is 0.0730. The first-order valence-corrected chi connectivity index (χ1v) is 9.13. The lowest BCUT2D eigenvalue weighted by molar-refractivity contribution is -0.150. The molecule has 0 spiro atoms. The molecule has 0 aromatic carbocycles. The Morgan fingerprint density at radius 3 is 2.30 bits per heavy atom. The van der Waals surface area contributed by atoms with E-state index >= 15 is 0 Å². The zero-order valence-electron chi connectivity index (χ0n) is 14.6. The summed E-state index contributed by atoms with van der Waals surface area (Å²) in [6, 6.07) is 0.235. The quantitative estimate of drug-likeness (QED) is 0.729. The Balaban J connectivity index is 2.08. The lowest BCUT2D eigenvalue weighted by atomic mass is 9.94. The van der Waals surface area contributed by atoms with Crippen molar-refractivity contribution in [3.05, 3.63) is 0 Å². The van der Waals surface area contributed by atoms with E-state index in [2.05, 4.69) is 0 Å². The van der Waals surface area contributed by atoms with Gasteiger partial charge < -0.3 is 14.4 Å². The molecule has 1 saturated heterocycles. The summed E-state index contributed by atoms with van der Waals surface area (Å²) in [5, 5.41) is 0. The number of carbonyl (C=O) groups excluding carboxylic acids is 2. The van der Waals surface area contributed by atoms with Crippen molar-refractivity contribution in [2.24, 2.45) is 5.92 Å². The van der Waals surface area contributed by atoms with Crippen LogP contribution in [0.25, 0.3) is 0 Å². The zero-order chi connectivity index (χ0) is 16.7. The van der Waals surface area contributed by atoms with Gasteiger partial charge in [-0.1, -0.05) is 39.0 Å². The van der Waals surface area contributed by atoms with Gasteiger partial charge in [0, 0.05) is 19.2 Å². The van der Waals surface area contributed by atoms with E-state index in [0.717, 1.165) is 38.5 Å². The second-order valence-electron chi connectivity index (χ2n) is 6.92. The van der Waals surface area contributed by atoms with Gasteiger partial charge >= 0.3 is 5.97 Å². The summed E-state index contributed by atoms with van der Waals surface area (Å²) in [6.45, 7) is 2.95. The van der Waals surface area contributed by atoms with Gasteiger partial charge in [-0.25, -0.2) is 0 Å². The Morgan fingerprint density at radius 1 is 1.09 bits per heavy atom. The molecule has 2 aliphatic rings. The van der Waals surface area contributed by atoms with Crippen LogP contribution in [-0.2, 0) is 19.1 Å². The van der Waals surface area contributed by atoms with Gasteiger partial charge in [0.2, 0.25) is 0 Å². The Kier molecular flexibility index (Phi) is 7.34. The summed E-state index contributed by atoms with van der Waals surface area (Å²) in [4.78, 5) is 26.7. The van der Waals surface area contributed by atoms with Crippen molar-refractivity contribution >= 4 is 11.9 Å². The Labute approximate surface area is 139 Å². The van der Waals surface area contributed by atoms with Crippen molar-refractivity contribution in [3.8, 4) is 0 Å². The molecule has 0 N–H and O–H groups in total. The number of ether oxygens (including phenoxy) is 2. The smallest absolute Gasteiger partial charge is 0.310 e. The van der Waals surface area contributed by atoms with E-state index in [1.54, 1.807) is 0 Å². The van der Waals surface area contributed by atoms with E-state index < -0.39 is 0 Å². The molecule has 0 aromatic rings. The van der Waals surface area contributed by atoms with Crippen LogP contribution < -0.4 is 0 Å². The maximum Gasteiger partial charge on any atom is 0.310 e. The fourth-order valence-corrected chi connectivity index (χ4v) is 3.69. The molecule has 23 heavy (non-hydrogen) atoms. The summed E-state index contributed by atoms with van der Waals surface area (Å²) in [6.07, 6.45) is 9.60. The molecule has 2 fully saturated rings. The number of rotatable bonds is 5. The van der Waals surface area contributed by atoms with Gasteiger partial charge in [0.05, 0.1) is 13.0 Å². The van der Waals surface area contributed by atoms with Gasteiger partial charge in [-0.2, -0.15) is 0 Å². The Morgan fingerprint density at radius 2 is 1.74 bits per heavy atom. The maximum atomic E-state index is 12.9. The van der Waals surface area contributed by atoms with Crippen LogP contribution >= 0.6 is 0 Å². The summed E-state index contributed by atoms with van der Waals surface area (Å²) in [5.41, 5.74) is 0. The second-order valence-corrected chi connectivity index (χ2v) is 6.92. The Bertz CT molecular complexity index is 384. The van der Waals surface area contributed by atoms with Crippen LogP contribution in [0.15, 0.2) is 0 Å². The van der Waals surface area contributed by atoms with Crippen LogP contribution in [0.5, 0.6) is 0 Å². The highest BCUT2D eigenvalue weighted by Crippen LogP contribution is 2.25. The molecule has 0 bridgehead atoms. The van der Waals surface area contributed by atoms with Gasteiger partial charge in [-0.3, -0.25) is 9.59 Å². The van der Waals surface area contributed by atoms with Crippen LogP contribution in [0.4, 0.5) is 0 Å². The predicted molar refractivity (Wildman–Crippen MR) is 88.0 cm³/mol. The van der Waals surface area contributed by atoms with Crippen LogP contribution in [0, 0.1) is 5.92 Å². The van der Waals surface area contributed by atoms with Gasteiger partial charge in [0.25, 0.3) is 5.91 Å². The van der Waals surface area contributed by atoms with Crippen molar-refractivity contribution in [2.75, 3.05) is 20.3 Å². The normalized spacial score (nSPS) is 24.5. The summed E-state index contributed by atoms with van der Waals surface area (Å²) >= 11 is 0. The number of nitrogens with zero attached hydrogens (tertiary/aromatic N) is 1. The molecule has 5 heteroatoms. The van der Waals surface area contributed by atoms with Crippen LogP contribution in [-0.4, -0.2) is 49.2 Å². The second kappa shape index (κ2) is 9.26. The highest BCUT2D eigenvalue weighted by molar-refractivity contribution is 5.82. The number of carbonyl (C=O) groups is 2. The standard InChI is InChI=1S/C18H31NO4/c1-14(18(21)22-2)13-19(17(20)16-11-8-12-23-16)15-9-6-4-3-5-7-10-15/h14-16H,3-13H2,1-2H3. The fourth-order valence-electron chi connectivity index (χ4n) is 3.69. The molecule has 1 saturated carbocycles. The molecule has 5 nitrogen and oxygen atoms in total. The largest absolute Gasteiger partial charge is 0.469 e. The topological polar surface area (TPSA) is 55.8 Å². The molecule has 0 aromatic heterocycles. The fraction of sp³-hybridized carbons (Fsp3) is 0.889. The number of hydrogen-bond acceptors (Lipinski definition) is 4. The monoisotopic (exact) mass is 325 g/mol. The molecule has 1 aliphatic carbocycles. The number of amides is 1. The first-order chi connectivity index (χ1) is 11.1. The van der Waals surface area contributed by atoms with Crippen molar-refractivity contribution < 1.29 is 19.1 Å². The van der Waals surface area contributed by atoms with Gasteiger partial charge in [-0.15, -0.1) is 0 Å². The van der Waals surface area contributed by atoms with Crippen LogP contribution in [0.1, 0.15) is 64.7 Å². The van der Waals surface area contributed by atoms with Crippen molar-refractivity contribution in [1.82, 2.24) is 4.90 Å². The molecule has 1 heterocycles. The third kappa shape index (κ3) is 5.20. The number of esters is 1. The van der Waals surface area contributed by atoms with Crippen molar-refractivity contribution in [1.29, 1.82) is 0 Å². The molecule has 2 unspecified atom stereocenters. The lowest BCUT2D eigenvalue weighted by Crippen LogP contribution is -2.48. The summed E-state index contributed by atoms with van der Waals surface area (Å²) in [5.74, 6) is -0.472. The SMILES string of the molecule is COC(=O)C(C)CN(C(=O)C1CCCO1)C1CCCCCCC1. The van der Waals surface area contributed by atoms with Crippen LogP contribution in [0.2, 0.25) is 0 Å². The maximum absolute atomic E-state index is 12.9. The number of hydrogen-bond donors (Lipinski definition) is 0. The number of methoxy groups -OCH3 is 1. The first kappa shape index (κ1) is 18.2. The molecule has 0 radical (unpaired) electrons. The molecule has 1 amide bonds. The van der Waals surface area contributed by atoms with E-state index in [1.165, 1.54) is 26.4 Å². The van der Waals surface area contributed by atoms with E-state index in [9.17, 15) is 9.59 Å². The third-order valence-corrected chi connectivity index (χ3v) is 5.08. The van der Waals surface area contributed by atoms with Gasteiger partial charge in [0.15, 0.2) is 0 Å². The highest BCUT2D eigenvalue weighted by atomic mass is 16.5. The summed E-state index contributed by atoms with van der Waals surface area (Å²) < 4.78 is 10.4. The van der Waals surface area contributed by atoms with Crippen LogP contribution in [0.3, 0.4) is 0 Å². The zero-order valence-corrected chi connectivity index (χ0v) is 14.6. The van der Waals surface area contributed by atoms with E-state index in [4.69, 9.17) is 9.47 Å². The Hall–Kier alpha value is -1.10. The lowest BCUT2D eigenvalue weighted by Gasteiger charge is -2.36. The highest BCUT2D eigenvalue weighted by Gasteiger charge is 2.34. The third-order valence-electron chi connectivity index (χ3n) is 5.08. The van der Waals surface area contributed by atoms with Gasteiger partial charge in [0.1, 0.15) is 6.10 Å². The molecular weight excluding hydrogens is 294 g/mol.